The van der Waals surface area contributed by atoms with E-state index >= 15 is 0 Å². The third-order valence-electron chi connectivity index (χ3n) is 14.6. The molecule has 1 saturated heterocycles. The van der Waals surface area contributed by atoms with E-state index in [9.17, 15) is 34.5 Å². The van der Waals surface area contributed by atoms with E-state index in [0.717, 1.165) is 109 Å². The molecule has 0 radical (unpaired) electrons. The predicted molar refractivity (Wildman–Crippen MR) is 322 cm³/mol. The van der Waals surface area contributed by atoms with Crippen LogP contribution >= 0.6 is 0 Å². The molecule has 0 saturated carbocycles. The summed E-state index contributed by atoms with van der Waals surface area (Å²) in [6, 6.07) is 0. The molecule has 3 N–H and O–H groups in total. The SMILES string of the molecule is CCCCC/C=C\C/C=C\C/C=C\CCCCCCCCC(=O)OC1C(OCC(COC(=O)CCCCCCCCC/C=C\C/C=C\CCCCC)OC(=O)CCCCCCCCCCCCCCC)OC(C(=O)O)C(O)C1O. The number of aliphatic hydroxyl groups excluding tert-OH is 2. The number of unbranched alkanes of at least 4 members (excludes halogenated alkanes) is 31. The monoisotopic (exact) mass is 1110 g/mol. The van der Waals surface area contributed by atoms with Gasteiger partial charge in [-0.05, 0) is 89.9 Å². The first-order valence-electron chi connectivity index (χ1n) is 32.3. The number of carboxylic acid groups (broad SMARTS) is 1. The van der Waals surface area contributed by atoms with Crippen LogP contribution in [0.1, 0.15) is 290 Å². The van der Waals surface area contributed by atoms with Gasteiger partial charge in [-0.25, -0.2) is 4.79 Å². The molecule has 0 amide bonds. The van der Waals surface area contributed by atoms with Crippen LogP contribution in [0.2, 0.25) is 0 Å². The van der Waals surface area contributed by atoms with Gasteiger partial charge in [-0.15, -0.1) is 0 Å². The van der Waals surface area contributed by atoms with Crippen LogP contribution in [0.25, 0.3) is 0 Å². The molecule has 456 valence electrons. The maximum Gasteiger partial charge on any atom is 0.335 e. The summed E-state index contributed by atoms with van der Waals surface area (Å²) in [5.41, 5.74) is 0. The zero-order chi connectivity index (χ0) is 57.5. The van der Waals surface area contributed by atoms with Crippen molar-refractivity contribution in [3.63, 3.8) is 0 Å². The van der Waals surface area contributed by atoms with E-state index in [4.69, 9.17) is 23.7 Å². The Morgan fingerprint density at radius 2 is 0.759 bits per heavy atom. The maximum absolute atomic E-state index is 13.2. The standard InChI is InChI=1S/C67H116O12/c1-4-7-10-13-16-19-22-25-27-29-30-32-34-37-40-43-46-49-52-55-61(70)78-65-63(72)62(71)64(66(73)74)79-67(65)76-57-58(77-60(69)54-51-48-45-42-39-35-24-21-18-15-12-9-6-3)56-75-59(68)53-50-47-44-41-38-36-33-31-28-26-23-20-17-14-11-8-5-2/h16-17,19-20,25-28,30,32,58,62-65,67,71-72H,4-15,18,21-24,29,31,33-57H2,1-3H3,(H,73,74)/b19-16-,20-17-,27-25-,28-26-,32-30-. The predicted octanol–water partition coefficient (Wildman–Crippen LogP) is 17.1. The number of aliphatic carboxylic acids is 1. The molecule has 0 aromatic heterocycles. The van der Waals surface area contributed by atoms with Crippen LogP contribution < -0.4 is 0 Å². The number of hydrogen-bond donors (Lipinski definition) is 3. The normalized spacial score (nSPS) is 18.2. The van der Waals surface area contributed by atoms with E-state index in [1.807, 2.05) is 0 Å². The first-order valence-corrected chi connectivity index (χ1v) is 32.3. The Morgan fingerprint density at radius 1 is 0.418 bits per heavy atom. The van der Waals surface area contributed by atoms with Crippen LogP contribution in [-0.2, 0) is 42.9 Å². The van der Waals surface area contributed by atoms with E-state index in [-0.39, 0.29) is 25.9 Å². The first kappa shape index (κ1) is 73.4. The van der Waals surface area contributed by atoms with Gasteiger partial charge in [0.25, 0.3) is 0 Å². The van der Waals surface area contributed by atoms with Gasteiger partial charge in [0.1, 0.15) is 18.8 Å². The van der Waals surface area contributed by atoms with Crippen LogP contribution in [0.4, 0.5) is 0 Å². The Bertz CT molecular complexity index is 1600. The number of carboxylic acids is 1. The van der Waals surface area contributed by atoms with Gasteiger partial charge in [0.2, 0.25) is 0 Å². The fraction of sp³-hybridized carbons (Fsp3) is 0.791. The minimum Gasteiger partial charge on any atom is -0.479 e. The third kappa shape index (κ3) is 44.7. The molecule has 0 aliphatic carbocycles. The number of carbonyl (C=O) groups excluding carboxylic acids is 3. The molecular formula is C67H116O12. The molecule has 79 heavy (non-hydrogen) atoms. The molecule has 1 fully saturated rings. The van der Waals surface area contributed by atoms with Gasteiger partial charge in [-0.1, -0.05) is 242 Å². The van der Waals surface area contributed by atoms with E-state index in [1.54, 1.807) is 0 Å². The van der Waals surface area contributed by atoms with E-state index < -0.39 is 67.3 Å². The van der Waals surface area contributed by atoms with Crippen molar-refractivity contribution in [1.82, 2.24) is 0 Å². The molecule has 12 heteroatoms. The highest BCUT2D eigenvalue weighted by Crippen LogP contribution is 2.27. The van der Waals surface area contributed by atoms with Crippen molar-refractivity contribution in [2.24, 2.45) is 0 Å². The van der Waals surface area contributed by atoms with Gasteiger partial charge in [0, 0.05) is 19.3 Å². The van der Waals surface area contributed by atoms with Gasteiger partial charge >= 0.3 is 23.9 Å². The highest BCUT2D eigenvalue weighted by atomic mass is 16.7. The summed E-state index contributed by atoms with van der Waals surface area (Å²) < 4.78 is 28.5. The summed E-state index contributed by atoms with van der Waals surface area (Å²) in [5.74, 6) is -3.13. The van der Waals surface area contributed by atoms with Crippen molar-refractivity contribution in [2.75, 3.05) is 13.2 Å². The minimum atomic E-state index is -1.91. The van der Waals surface area contributed by atoms with Gasteiger partial charge in [0.15, 0.2) is 24.6 Å². The maximum atomic E-state index is 13.2. The quantitative estimate of drug-likeness (QED) is 0.0228. The molecule has 1 heterocycles. The Balaban J connectivity index is 2.66. The average molecular weight is 1110 g/mol. The van der Waals surface area contributed by atoms with Crippen LogP contribution in [0.5, 0.6) is 0 Å². The molecule has 1 aliphatic heterocycles. The summed E-state index contributed by atoms with van der Waals surface area (Å²) in [7, 11) is 0. The summed E-state index contributed by atoms with van der Waals surface area (Å²) in [6.07, 6.45) is 56.0. The lowest BCUT2D eigenvalue weighted by Gasteiger charge is -2.40. The van der Waals surface area contributed by atoms with Crippen molar-refractivity contribution >= 4 is 23.9 Å². The smallest absolute Gasteiger partial charge is 0.335 e. The summed E-state index contributed by atoms with van der Waals surface area (Å²) >= 11 is 0. The molecular weight excluding hydrogens is 997 g/mol. The number of aliphatic hydroxyl groups is 2. The zero-order valence-corrected chi connectivity index (χ0v) is 50.4. The van der Waals surface area contributed by atoms with Crippen molar-refractivity contribution in [3.05, 3.63) is 60.8 Å². The van der Waals surface area contributed by atoms with Crippen molar-refractivity contribution in [1.29, 1.82) is 0 Å². The minimum absolute atomic E-state index is 0.0459. The lowest BCUT2D eigenvalue weighted by atomic mass is 9.98. The number of rotatable bonds is 55. The molecule has 0 aromatic carbocycles. The largest absolute Gasteiger partial charge is 0.479 e. The topological polar surface area (TPSA) is 175 Å². The molecule has 0 bridgehead atoms. The van der Waals surface area contributed by atoms with Crippen LogP contribution in [0.3, 0.4) is 0 Å². The van der Waals surface area contributed by atoms with E-state index in [0.29, 0.717) is 19.3 Å². The van der Waals surface area contributed by atoms with Crippen molar-refractivity contribution in [3.8, 4) is 0 Å². The van der Waals surface area contributed by atoms with Crippen LogP contribution in [0, 0.1) is 0 Å². The molecule has 1 aliphatic rings. The second kappa shape index (κ2) is 55.0. The lowest BCUT2D eigenvalue weighted by molar-refractivity contribution is -0.301. The third-order valence-corrected chi connectivity index (χ3v) is 14.6. The summed E-state index contributed by atoms with van der Waals surface area (Å²) in [6.45, 7) is 5.96. The Morgan fingerprint density at radius 3 is 1.18 bits per heavy atom. The van der Waals surface area contributed by atoms with Crippen molar-refractivity contribution in [2.45, 2.75) is 327 Å². The first-order chi connectivity index (χ1) is 38.6. The molecule has 6 unspecified atom stereocenters. The van der Waals surface area contributed by atoms with E-state index in [1.165, 1.54) is 122 Å². The van der Waals surface area contributed by atoms with Crippen molar-refractivity contribution < 1.29 is 58.2 Å². The number of ether oxygens (including phenoxy) is 5. The van der Waals surface area contributed by atoms with Crippen LogP contribution in [-0.4, -0.2) is 89.2 Å². The second-order valence-corrected chi connectivity index (χ2v) is 22.0. The highest BCUT2D eigenvalue weighted by Gasteiger charge is 2.50. The van der Waals surface area contributed by atoms with Gasteiger partial charge in [-0.2, -0.15) is 0 Å². The van der Waals surface area contributed by atoms with E-state index in [2.05, 4.69) is 81.5 Å². The van der Waals surface area contributed by atoms with Gasteiger partial charge < -0.3 is 39.0 Å². The molecule has 6 atom stereocenters. The number of carbonyl (C=O) groups is 4. The van der Waals surface area contributed by atoms with Gasteiger partial charge in [0.05, 0.1) is 6.61 Å². The zero-order valence-electron chi connectivity index (χ0n) is 50.4. The Hall–Kier alpha value is -3.58. The highest BCUT2D eigenvalue weighted by molar-refractivity contribution is 5.74. The number of allylic oxidation sites excluding steroid dienone is 10. The second-order valence-electron chi connectivity index (χ2n) is 22.0. The summed E-state index contributed by atoms with van der Waals surface area (Å²) in [5, 5.41) is 31.6. The van der Waals surface area contributed by atoms with Gasteiger partial charge in [-0.3, -0.25) is 14.4 Å². The number of hydrogen-bond acceptors (Lipinski definition) is 11. The summed E-state index contributed by atoms with van der Waals surface area (Å²) in [4.78, 5) is 51.3. The fourth-order valence-corrected chi connectivity index (χ4v) is 9.58. The fourth-order valence-electron chi connectivity index (χ4n) is 9.58. The Labute approximate surface area is 481 Å². The molecule has 0 aromatic rings. The lowest BCUT2D eigenvalue weighted by Crippen LogP contribution is -2.61. The molecule has 12 nitrogen and oxygen atoms in total. The van der Waals surface area contributed by atoms with Crippen LogP contribution in [0.15, 0.2) is 60.8 Å². The molecule has 0 spiro atoms. The molecule has 1 rings (SSSR count). The number of esters is 3. The Kier molecular flexibility index (Phi) is 51.1. The average Bonchev–Trinajstić information content (AvgIpc) is 3.46.